The van der Waals surface area contributed by atoms with E-state index in [4.69, 9.17) is 4.74 Å². The third-order valence-corrected chi connectivity index (χ3v) is 4.72. The molecule has 1 aromatic carbocycles. The van der Waals surface area contributed by atoms with Gasteiger partial charge in [0.1, 0.15) is 17.7 Å². The molecule has 1 aromatic rings. The minimum Gasteiger partial charge on any atom is -0.490 e. The molecule has 0 spiro atoms. The van der Waals surface area contributed by atoms with Gasteiger partial charge in [0.05, 0.1) is 0 Å². The predicted molar refractivity (Wildman–Crippen MR) is 71.8 cm³/mol. The Morgan fingerprint density at radius 1 is 1.32 bits per heavy atom. The standard InChI is InChI=1S/C16H20FNO/c17-12-1-4-15-11(7-12)8-14(19-15)9-16(5-6-16)10-18-13-2-3-13/h1,4,7,13-14,18H,2-3,5-6,8-10H2. The maximum atomic E-state index is 13.2. The topological polar surface area (TPSA) is 21.3 Å². The molecule has 1 N–H and O–H groups in total. The normalized spacial score (nSPS) is 26.9. The third-order valence-electron chi connectivity index (χ3n) is 4.72. The van der Waals surface area contributed by atoms with Gasteiger partial charge in [-0.15, -0.1) is 0 Å². The quantitative estimate of drug-likeness (QED) is 0.879. The van der Waals surface area contributed by atoms with Crippen molar-refractivity contribution in [1.29, 1.82) is 0 Å². The third kappa shape index (κ3) is 2.48. The van der Waals surface area contributed by atoms with Crippen LogP contribution in [0.15, 0.2) is 18.2 Å². The van der Waals surface area contributed by atoms with Gasteiger partial charge in [0.2, 0.25) is 0 Å². The van der Waals surface area contributed by atoms with Crippen LogP contribution in [0.1, 0.15) is 37.7 Å². The monoisotopic (exact) mass is 261 g/mol. The lowest BCUT2D eigenvalue weighted by atomic mass is 9.95. The fraction of sp³-hybridized carbons (Fsp3) is 0.625. The molecule has 1 heterocycles. The number of halogens is 1. The maximum absolute atomic E-state index is 13.2. The van der Waals surface area contributed by atoms with Crippen LogP contribution in [0, 0.1) is 11.2 Å². The number of nitrogens with one attached hydrogen (secondary N) is 1. The number of hydrogen-bond donors (Lipinski definition) is 1. The van der Waals surface area contributed by atoms with Gasteiger partial charge in [-0.05, 0) is 55.7 Å². The van der Waals surface area contributed by atoms with E-state index in [2.05, 4.69) is 5.32 Å². The van der Waals surface area contributed by atoms with Gasteiger partial charge in [-0.1, -0.05) is 0 Å². The Morgan fingerprint density at radius 3 is 2.89 bits per heavy atom. The smallest absolute Gasteiger partial charge is 0.123 e. The molecular weight excluding hydrogens is 241 g/mol. The summed E-state index contributed by atoms with van der Waals surface area (Å²) in [4.78, 5) is 0. The second-order valence-corrected chi connectivity index (χ2v) is 6.56. The van der Waals surface area contributed by atoms with Crippen LogP contribution in [0.5, 0.6) is 5.75 Å². The molecule has 4 rings (SSSR count). The zero-order valence-electron chi connectivity index (χ0n) is 11.1. The van der Waals surface area contributed by atoms with E-state index in [1.807, 2.05) is 0 Å². The molecule has 0 amide bonds. The summed E-state index contributed by atoms with van der Waals surface area (Å²) in [7, 11) is 0. The lowest BCUT2D eigenvalue weighted by molar-refractivity contribution is 0.184. The summed E-state index contributed by atoms with van der Waals surface area (Å²) in [5, 5.41) is 3.65. The molecule has 1 aliphatic heterocycles. The van der Waals surface area contributed by atoms with Gasteiger partial charge in [0.25, 0.3) is 0 Å². The summed E-state index contributed by atoms with van der Waals surface area (Å²) in [6.45, 7) is 1.14. The SMILES string of the molecule is Fc1ccc2c(c1)CC(CC1(CNC3CC3)CC1)O2. The van der Waals surface area contributed by atoms with Crippen LogP contribution in [0.25, 0.3) is 0 Å². The maximum Gasteiger partial charge on any atom is 0.123 e. The fourth-order valence-electron chi connectivity index (χ4n) is 3.16. The first kappa shape index (κ1) is 11.7. The first-order chi connectivity index (χ1) is 9.22. The molecule has 3 heteroatoms. The van der Waals surface area contributed by atoms with Gasteiger partial charge in [0, 0.05) is 24.6 Å². The van der Waals surface area contributed by atoms with Gasteiger partial charge in [-0.25, -0.2) is 4.39 Å². The summed E-state index contributed by atoms with van der Waals surface area (Å²) in [6.07, 6.45) is 7.57. The van der Waals surface area contributed by atoms with Crippen molar-refractivity contribution < 1.29 is 9.13 Å². The van der Waals surface area contributed by atoms with E-state index in [1.54, 1.807) is 12.1 Å². The Kier molecular flexibility index (Phi) is 2.59. The minimum atomic E-state index is -0.153. The largest absolute Gasteiger partial charge is 0.490 e. The zero-order chi connectivity index (χ0) is 12.9. The molecule has 2 aliphatic carbocycles. The van der Waals surface area contributed by atoms with Crippen molar-refractivity contribution in [3.8, 4) is 5.75 Å². The number of hydrogen-bond acceptors (Lipinski definition) is 2. The lowest BCUT2D eigenvalue weighted by Gasteiger charge is -2.20. The molecule has 0 bridgehead atoms. The van der Waals surface area contributed by atoms with E-state index >= 15 is 0 Å². The Bertz CT molecular complexity index is 494. The van der Waals surface area contributed by atoms with Gasteiger partial charge < -0.3 is 10.1 Å². The Labute approximate surface area is 113 Å². The van der Waals surface area contributed by atoms with E-state index in [9.17, 15) is 4.39 Å². The van der Waals surface area contributed by atoms with Crippen LogP contribution in [0.2, 0.25) is 0 Å². The van der Waals surface area contributed by atoms with Gasteiger partial charge in [0.15, 0.2) is 0 Å². The summed E-state index contributed by atoms with van der Waals surface area (Å²) in [5.41, 5.74) is 1.50. The molecule has 19 heavy (non-hydrogen) atoms. The second kappa shape index (κ2) is 4.20. The van der Waals surface area contributed by atoms with Crippen molar-refractivity contribution in [1.82, 2.24) is 5.32 Å². The molecule has 1 atom stereocenters. The average Bonchev–Trinajstić information content (AvgIpc) is 3.27. The molecule has 0 aromatic heterocycles. The van der Waals surface area contributed by atoms with Crippen LogP contribution < -0.4 is 10.1 Å². The van der Waals surface area contributed by atoms with Crippen molar-refractivity contribution in [2.75, 3.05) is 6.54 Å². The van der Waals surface area contributed by atoms with Crippen molar-refractivity contribution in [3.05, 3.63) is 29.6 Å². The first-order valence-corrected chi connectivity index (χ1v) is 7.41. The highest BCUT2D eigenvalue weighted by atomic mass is 19.1. The van der Waals surface area contributed by atoms with E-state index in [0.717, 1.165) is 36.7 Å². The molecular formula is C16H20FNO. The van der Waals surface area contributed by atoms with Gasteiger partial charge >= 0.3 is 0 Å². The summed E-state index contributed by atoms with van der Waals surface area (Å²) >= 11 is 0. The fourth-order valence-corrected chi connectivity index (χ4v) is 3.16. The molecule has 0 radical (unpaired) electrons. The zero-order valence-corrected chi connectivity index (χ0v) is 11.1. The van der Waals surface area contributed by atoms with Crippen LogP contribution >= 0.6 is 0 Å². The molecule has 2 nitrogen and oxygen atoms in total. The number of benzene rings is 1. The molecule has 1 unspecified atom stereocenters. The van der Waals surface area contributed by atoms with E-state index in [-0.39, 0.29) is 11.9 Å². The van der Waals surface area contributed by atoms with E-state index in [0.29, 0.717) is 5.41 Å². The molecule has 3 aliphatic rings. The van der Waals surface area contributed by atoms with Crippen molar-refractivity contribution in [3.63, 3.8) is 0 Å². The first-order valence-electron chi connectivity index (χ1n) is 7.41. The van der Waals surface area contributed by atoms with Crippen molar-refractivity contribution in [2.24, 2.45) is 5.41 Å². The number of ether oxygens (including phenoxy) is 1. The summed E-state index contributed by atoms with van der Waals surface area (Å²) in [5.74, 6) is 0.733. The minimum absolute atomic E-state index is 0.153. The van der Waals surface area contributed by atoms with Crippen LogP contribution in [0.3, 0.4) is 0 Å². The Balaban J connectivity index is 1.37. The highest BCUT2D eigenvalue weighted by molar-refractivity contribution is 5.38. The summed E-state index contributed by atoms with van der Waals surface area (Å²) in [6, 6.07) is 5.67. The Morgan fingerprint density at radius 2 is 2.16 bits per heavy atom. The highest BCUT2D eigenvalue weighted by Crippen LogP contribution is 2.51. The number of fused-ring (bicyclic) bond motifs is 1. The van der Waals surface area contributed by atoms with Crippen LogP contribution in [0.4, 0.5) is 4.39 Å². The van der Waals surface area contributed by atoms with E-state index in [1.165, 1.54) is 31.7 Å². The lowest BCUT2D eigenvalue weighted by Crippen LogP contribution is -2.30. The molecule has 0 saturated heterocycles. The van der Waals surface area contributed by atoms with Crippen molar-refractivity contribution in [2.45, 2.75) is 50.7 Å². The van der Waals surface area contributed by atoms with Crippen LogP contribution in [-0.2, 0) is 6.42 Å². The molecule has 2 fully saturated rings. The van der Waals surface area contributed by atoms with Gasteiger partial charge in [-0.2, -0.15) is 0 Å². The summed E-state index contributed by atoms with van der Waals surface area (Å²) < 4.78 is 19.2. The average molecular weight is 261 g/mol. The van der Waals surface area contributed by atoms with Crippen LogP contribution in [-0.4, -0.2) is 18.7 Å². The second-order valence-electron chi connectivity index (χ2n) is 6.56. The predicted octanol–water partition coefficient (Wildman–Crippen LogP) is 3.05. The number of rotatable bonds is 5. The Hall–Kier alpha value is -1.09. The van der Waals surface area contributed by atoms with Crippen molar-refractivity contribution >= 4 is 0 Å². The van der Waals surface area contributed by atoms with E-state index < -0.39 is 0 Å². The highest BCUT2D eigenvalue weighted by Gasteiger charge is 2.46. The molecule has 2 saturated carbocycles. The molecule has 102 valence electrons. The van der Waals surface area contributed by atoms with Gasteiger partial charge in [-0.3, -0.25) is 0 Å².